The zero-order valence-electron chi connectivity index (χ0n) is 16.1. The van der Waals surface area contributed by atoms with E-state index in [0.717, 1.165) is 43.3 Å². The minimum atomic E-state index is 0. The van der Waals surface area contributed by atoms with Gasteiger partial charge in [-0.25, -0.2) is 4.68 Å². The van der Waals surface area contributed by atoms with Gasteiger partial charge in [0.1, 0.15) is 0 Å². The molecule has 0 bridgehead atoms. The van der Waals surface area contributed by atoms with Crippen molar-refractivity contribution in [3.8, 4) is 5.69 Å². The van der Waals surface area contributed by atoms with Gasteiger partial charge in [0.25, 0.3) is 0 Å². The number of para-hydroxylation sites is 1. The van der Waals surface area contributed by atoms with Crippen molar-refractivity contribution in [3.05, 3.63) is 78.4 Å². The second-order valence-corrected chi connectivity index (χ2v) is 6.14. The zero-order chi connectivity index (χ0) is 18.7. The fourth-order valence-electron chi connectivity index (χ4n) is 2.71. The molecule has 3 rings (SSSR count). The molecule has 0 fully saturated rings. The van der Waals surface area contributed by atoms with Crippen molar-refractivity contribution >= 4 is 29.9 Å². The van der Waals surface area contributed by atoms with E-state index in [9.17, 15) is 0 Å². The van der Waals surface area contributed by atoms with Crippen LogP contribution in [0.25, 0.3) is 5.69 Å². The standard InChI is InChI=1S/C21H26N6.HI/c1-2-22-21(25-15-12-19-8-6-7-13-23-19)24-14-11-18-16-26-27(17-18)20-9-4-3-5-10-20;/h3-10,13,16-17H,2,11-12,14-15H2,1H3,(H2,22,24,25);1H. The molecule has 0 aliphatic heterocycles. The predicted octanol–water partition coefficient (Wildman–Crippen LogP) is 3.23. The van der Waals surface area contributed by atoms with Crippen LogP contribution in [0.15, 0.2) is 72.1 Å². The molecule has 0 aliphatic carbocycles. The lowest BCUT2D eigenvalue weighted by Gasteiger charge is -2.10. The van der Waals surface area contributed by atoms with Crippen molar-refractivity contribution < 1.29 is 0 Å². The highest BCUT2D eigenvalue weighted by atomic mass is 127. The molecule has 28 heavy (non-hydrogen) atoms. The number of aliphatic imine (C=N–C) groups is 1. The molecule has 2 heterocycles. The Labute approximate surface area is 183 Å². The largest absolute Gasteiger partial charge is 0.357 e. The number of guanidine groups is 1. The van der Waals surface area contributed by atoms with E-state index in [-0.39, 0.29) is 24.0 Å². The van der Waals surface area contributed by atoms with Gasteiger partial charge in [-0.15, -0.1) is 24.0 Å². The average molecular weight is 490 g/mol. The Kier molecular flexibility index (Phi) is 9.47. The van der Waals surface area contributed by atoms with Crippen molar-refractivity contribution in [1.82, 2.24) is 25.4 Å². The monoisotopic (exact) mass is 490 g/mol. The van der Waals surface area contributed by atoms with Crippen LogP contribution in [-0.4, -0.2) is 40.4 Å². The molecule has 0 amide bonds. The van der Waals surface area contributed by atoms with Gasteiger partial charge in [-0.3, -0.25) is 9.98 Å². The average Bonchev–Trinajstić information content (AvgIpc) is 3.18. The summed E-state index contributed by atoms with van der Waals surface area (Å²) in [7, 11) is 0. The first-order valence-electron chi connectivity index (χ1n) is 9.36. The fourth-order valence-corrected chi connectivity index (χ4v) is 2.71. The summed E-state index contributed by atoms with van der Waals surface area (Å²) in [4.78, 5) is 8.96. The highest BCUT2D eigenvalue weighted by Gasteiger charge is 2.02. The molecular formula is C21H27IN6. The molecule has 148 valence electrons. The minimum Gasteiger partial charge on any atom is -0.357 e. The maximum Gasteiger partial charge on any atom is 0.191 e. The zero-order valence-corrected chi connectivity index (χ0v) is 18.4. The Hall–Kier alpha value is -2.42. The molecule has 0 saturated carbocycles. The Balaban J connectivity index is 0.00000280. The van der Waals surface area contributed by atoms with Gasteiger partial charge in [-0.05, 0) is 43.2 Å². The Morgan fingerprint density at radius 2 is 1.86 bits per heavy atom. The van der Waals surface area contributed by atoms with Crippen molar-refractivity contribution in [2.75, 3.05) is 19.6 Å². The van der Waals surface area contributed by atoms with Crippen LogP contribution in [-0.2, 0) is 12.8 Å². The number of rotatable bonds is 8. The molecular weight excluding hydrogens is 463 g/mol. The number of benzene rings is 1. The summed E-state index contributed by atoms with van der Waals surface area (Å²) in [6.45, 7) is 4.41. The summed E-state index contributed by atoms with van der Waals surface area (Å²) in [5, 5.41) is 11.1. The summed E-state index contributed by atoms with van der Waals surface area (Å²) >= 11 is 0. The molecule has 7 heteroatoms. The molecule has 2 aromatic heterocycles. The molecule has 0 saturated heterocycles. The highest BCUT2D eigenvalue weighted by molar-refractivity contribution is 14.0. The molecule has 6 nitrogen and oxygen atoms in total. The van der Waals surface area contributed by atoms with Gasteiger partial charge in [0.05, 0.1) is 11.9 Å². The molecule has 3 aromatic rings. The Morgan fingerprint density at radius 1 is 1.04 bits per heavy atom. The van der Waals surface area contributed by atoms with Crippen molar-refractivity contribution in [1.29, 1.82) is 0 Å². The van der Waals surface area contributed by atoms with Crippen LogP contribution in [0.4, 0.5) is 0 Å². The molecule has 0 radical (unpaired) electrons. The third-order valence-electron chi connectivity index (χ3n) is 4.07. The molecule has 0 unspecified atom stereocenters. The maximum absolute atomic E-state index is 4.63. The second kappa shape index (κ2) is 12.1. The molecule has 0 atom stereocenters. The number of nitrogens with zero attached hydrogens (tertiary/aromatic N) is 4. The lowest BCUT2D eigenvalue weighted by molar-refractivity contribution is 0.794. The van der Waals surface area contributed by atoms with Gasteiger partial charge >= 0.3 is 0 Å². The first-order chi connectivity index (χ1) is 13.3. The van der Waals surface area contributed by atoms with Gasteiger partial charge < -0.3 is 10.6 Å². The smallest absolute Gasteiger partial charge is 0.191 e. The highest BCUT2D eigenvalue weighted by Crippen LogP contribution is 2.07. The first-order valence-corrected chi connectivity index (χ1v) is 9.36. The Morgan fingerprint density at radius 3 is 2.61 bits per heavy atom. The van der Waals surface area contributed by atoms with Gasteiger partial charge in [0.2, 0.25) is 0 Å². The summed E-state index contributed by atoms with van der Waals surface area (Å²) in [6.07, 6.45) is 7.53. The normalized spacial score (nSPS) is 11.0. The van der Waals surface area contributed by atoms with Crippen LogP contribution in [0.1, 0.15) is 18.2 Å². The van der Waals surface area contributed by atoms with Crippen molar-refractivity contribution in [3.63, 3.8) is 0 Å². The first kappa shape index (κ1) is 21.9. The van der Waals surface area contributed by atoms with Crippen molar-refractivity contribution in [2.45, 2.75) is 19.8 Å². The SMILES string of the molecule is CCNC(=NCCc1ccccn1)NCCc1cnn(-c2ccccc2)c1.I. The number of pyridine rings is 1. The number of halogens is 1. The number of nitrogens with one attached hydrogen (secondary N) is 2. The summed E-state index contributed by atoms with van der Waals surface area (Å²) < 4.78 is 1.90. The van der Waals surface area contributed by atoms with Gasteiger partial charge in [0.15, 0.2) is 5.96 Å². The van der Waals surface area contributed by atoms with Crippen LogP contribution >= 0.6 is 24.0 Å². The van der Waals surface area contributed by atoms with E-state index >= 15 is 0 Å². The molecule has 2 N–H and O–H groups in total. The van der Waals surface area contributed by atoms with Gasteiger partial charge in [-0.2, -0.15) is 5.10 Å². The number of aromatic nitrogens is 3. The van der Waals surface area contributed by atoms with Gasteiger partial charge in [0, 0.05) is 44.1 Å². The predicted molar refractivity (Wildman–Crippen MR) is 125 cm³/mol. The van der Waals surface area contributed by atoms with E-state index in [4.69, 9.17) is 0 Å². The van der Waals surface area contributed by atoms with Gasteiger partial charge in [-0.1, -0.05) is 24.3 Å². The second-order valence-electron chi connectivity index (χ2n) is 6.14. The van der Waals surface area contributed by atoms with Crippen LogP contribution in [0.5, 0.6) is 0 Å². The third kappa shape index (κ3) is 6.95. The van der Waals surface area contributed by atoms with Crippen LogP contribution in [0, 0.1) is 0 Å². The number of hydrogen-bond acceptors (Lipinski definition) is 3. The summed E-state index contributed by atoms with van der Waals surface area (Å²) in [5.41, 5.74) is 3.32. The van der Waals surface area contributed by atoms with E-state index in [1.807, 2.05) is 65.6 Å². The van der Waals surface area contributed by atoms with E-state index in [0.29, 0.717) is 6.54 Å². The minimum absolute atomic E-state index is 0. The fraction of sp³-hybridized carbons (Fsp3) is 0.286. The lowest BCUT2D eigenvalue weighted by atomic mass is 10.2. The summed E-state index contributed by atoms with van der Waals surface area (Å²) in [6, 6.07) is 16.1. The van der Waals surface area contributed by atoms with Crippen LogP contribution in [0.3, 0.4) is 0 Å². The Bertz CT molecular complexity index is 832. The molecule has 0 spiro atoms. The van der Waals surface area contributed by atoms with Crippen molar-refractivity contribution in [2.24, 2.45) is 4.99 Å². The number of hydrogen-bond donors (Lipinski definition) is 2. The van der Waals surface area contributed by atoms with Crippen LogP contribution in [0.2, 0.25) is 0 Å². The third-order valence-corrected chi connectivity index (χ3v) is 4.07. The quantitative estimate of drug-likeness (QED) is 0.289. The van der Waals surface area contributed by atoms with E-state index in [1.165, 1.54) is 5.56 Å². The maximum atomic E-state index is 4.63. The van der Waals surface area contributed by atoms with E-state index in [2.05, 4.69) is 38.8 Å². The van der Waals surface area contributed by atoms with E-state index in [1.54, 1.807) is 0 Å². The van der Waals surface area contributed by atoms with E-state index < -0.39 is 0 Å². The lowest BCUT2D eigenvalue weighted by Crippen LogP contribution is -2.38. The summed E-state index contributed by atoms with van der Waals surface area (Å²) in [5.74, 6) is 0.837. The molecule has 1 aromatic carbocycles. The molecule has 0 aliphatic rings. The topological polar surface area (TPSA) is 67.1 Å². The van der Waals surface area contributed by atoms with Crippen LogP contribution < -0.4 is 10.6 Å².